The minimum absolute atomic E-state index is 0.00624. The van der Waals surface area contributed by atoms with E-state index in [4.69, 9.17) is 9.73 Å². The average molecular weight is 613 g/mol. The fourth-order valence-corrected chi connectivity index (χ4v) is 7.19. The van der Waals surface area contributed by atoms with Gasteiger partial charge >= 0.3 is 5.97 Å². The van der Waals surface area contributed by atoms with Crippen LogP contribution in [0.3, 0.4) is 0 Å². The molecular weight excluding hydrogens is 577 g/mol. The molecule has 4 aromatic rings. The number of ether oxygens (including phenoxy) is 1. The number of para-hydroxylation sites is 1. The third-order valence-corrected chi connectivity index (χ3v) is 10.8. The number of aromatic nitrogens is 4. The third-order valence-electron chi connectivity index (χ3n) is 6.89. The number of hydrogen-bond donors (Lipinski definition) is 2. The van der Waals surface area contributed by atoms with E-state index in [2.05, 4.69) is 51.5 Å². The van der Waals surface area contributed by atoms with Crippen molar-refractivity contribution in [3.8, 4) is 0 Å². The van der Waals surface area contributed by atoms with Gasteiger partial charge in [-0.3, -0.25) is 4.57 Å². The first-order valence-corrected chi connectivity index (χ1v) is 19.1. The molecule has 2 N–H and O–H groups in total. The van der Waals surface area contributed by atoms with Crippen LogP contribution in [-0.2, 0) is 17.9 Å². The zero-order chi connectivity index (χ0) is 29.1. The van der Waals surface area contributed by atoms with Gasteiger partial charge in [-0.05, 0) is 55.8 Å². The molecule has 0 aliphatic heterocycles. The lowest BCUT2D eigenvalue weighted by molar-refractivity contribution is 0.0690. The molecule has 1 aliphatic carbocycles. The van der Waals surface area contributed by atoms with Crippen molar-refractivity contribution < 1.29 is 19.7 Å². The number of anilines is 2. The zero-order valence-electron chi connectivity index (χ0n) is 23.8. The Kier molecular flexibility index (Phi) is 8.99. The number of fused-ring (bicyclic) bond motifs is 1. The topological polar surface area (TPSA) is 126 Å². The van der Waals surface area contributed by atoms with Gasteiger partial charge in [-0.1, -0.05) is 43.1 Å². The molecule has 0 unspecified atom stereocenters. The summed E-state index contributed by atoms with van der Waals surface area (Å²) in [5, 5.41) is 28.4. The summed E-state index contributed by atoms with van der Waals surface area (Å²) < 4.78 is 9.37. The van der Waals surface area contributed by atoms with E-state index in [1.165, 1.54) is 11.3 Å². The van der Waals surface area contributed by atoms with Crippen LogP contribution in [0, 0.1) is 0 Å². The summed E-state index contributed by atoms with van der Waals surface area (Å²) in [5.41, 5.74) is 2.13. The SMILES string of the molecule is CN(c1cc(C2CC2)c(N=c2sc3ccccc3n2COCC[Si](C)(C)C)nn1)c1nc(C(=O)O)c(CCCO)s1. The maximum Gasteiger partial charge on any atom is 0.355 e. The van der Waals surface area contributed by atoms with Crippen LogP contribution in [0.15, 0.2) is 35.3 Å². The summed E-state index contributed by atoms with van der Waals surface area (Å²) in [7, 11) is 0.621. The molecular formula is C28H36N6O4S2Si. The van der Waals surface area contributed by atoms with Crippen LogP contribution >= 0.6 is 22.7 Å². The Hall–Kier alpha value is -2.97. The number of carbonyl (C=O) groups is 1. The van der Waals surface area contributed by atoms with Crippen LogP contribution in [-0.4, -0.2) is 64.3 Å². The normalized spacial score (nSPS) is 14.2. The maximum absolute atomic E-state index is 11.8. The summed E-state index contributed by atoms with van der Waals surface area (Å²) in [6.45, 7) is 8.18. The Morgan fingerprint density at radius 3 is 2.71 bits per heavy atom. The fraction of sp³-hybridized carbons (Fsp3) is 0.464. The number of nitrogens with zero attached hydrogens (tertiary/aromatic N) is 6. The van der Waals surface area contributed by atoms with Crippen molar-refractivity contribution in [1.29, 1.82) is 0 Å². The lowest BCUT2D eigenvalue weighted by atomic mass is 10.2. The number of carboxylic acids is 1. The Morgan fingerprint density at radius 1 is 1.22 bits per heavy atom. The molecule has 1 aliphatic rings. The summed E-state index contributed by atoms with van der Waals surface area (Å²) in [5.74, 6) is 0.470. The first-order valence-electron chi connectivity index (χ1n) is 13.8. The Labute approximate surface area is 248 Å². The third kappa shape index (κ3) is 7.09. The number of carboxylic acid groups (broad SMARTS) is 1. The van der Waals surface area contributed by atoms with Gasteiger partial charge in [0.25, 0.3) is 0 Å². The van der Waals surface area contributed by atoms with Crippen molar-refractivity contribution in [2.75, 3.05) is 25.2 Å². The van der Waals surface area contributed by atoms with Gasteiger partial charge in [0.15, 0.2) is 27.3 Å². The standard InChI is InChI=1S/C28H36N6O4S2Si/c1-33(27-29-24(26(36)37)22(40-27)10-7-13-35)23-16-19(18-11-12-18)25(32-31-23)30-28-34(17-38-14-15-41(2,3)4)20-8-5-6-9-21(20)39-28/h5-6,8-9,16,18,35H,7,10-15,17H2,1-4H3,(H,36,37). The highest BCUT2D eigenvalue weighted by atomic mass is 32.1. The molecule has 0 radical (unpaired) electrons. The second-order valence-electron chi connectivity index (χ2n) is 11.5. The highest BCUT2D eigenvalue weighted by Gasteiger charge is 2.29. The van der Waals surface area contributed by atoms with E-state index in [0.717, 1.165) is 46.1 Å². The highest BCUT2D eigenvalue weighted by Crippen LogP contribution is 2.45. The van der Waals surface area contributed by atoms with Crippen LogP contribution < -0.4 is 9.70 Å². The lowest BCUT2D eigenvalue weighted by Gasteiger charge is -2.16. The smallest absolute Gasteiger partial charge is 0.355 e. The van der Waals surface area contributed by atoms with Crippen LogP contribution in [0.1, 0.15) is 46.1 Å². The average Bonchev–Trinajstić information content (AvgIpc) is 3.60. The van der Waals surface area contributed by atoms with Crippen molar-refractivity contribution in [3.05, 3.63) is 51.3 Å². The molecule has 1 saturated carbocycles. The molecule has 1 fully saturated rings. The van der Waals surface area contributed by atoms with Gasteiger partial charge < -0.3 is 19.8 Å². The van der Waals surface area contributed by atoms with E-state index in [9.17, 15) is 15.0 Å². The highest BCUT2D eigenvalue weighted by molar-refractivity contribution is 7.16. The van der Waals surface area contributed by atoms with Crippen molar-refractivity contribution in [3.63, 3.8) is 0 Å². The molecule has 0 saturated heterocycles. The molecule has 13 heteroatoms. The number of rotatable bonds is 13. The lowest BCUT2D eigenvalue weighted by Crippen LogP contribution is -2.23. The summed E-state index contributed by atoms with van der Waals surface area (Å²) in [4.78, 5) is 24.4. The molecule has 0 atom stereocenters. The van der Waals surface area contributed by atoms with Crippen molar-refractivity contribution >= 4 is 63.7 Å². The molecule has 5 rings (SSSR count). The molecule has 10 nitrogen and oxygen atoms in total. The van der Waals surface area contributed by atoms with E-state index in [0.29, 0.717) is 47.1 Å². The van der Waals surface area contributed by atoms with Crippen LogP contribution in [0.25, 0.3) is 10.2 Å². The molecule has 3 heterocycles. The summed E-state index contributed by atoms with van der Waals surface area (Å²) in [6, 6.07) is 11.3. The van der Waals surface area contributed by atoms with Gasteiger partial charge in [-0.15, -0.1) is 21.5 Å². The first-order chi connectivity index (χ1) is 19.6. The largest absolute Gasteiger partial charge is 0.476 e. The van der Waals surface area contributed by atoms with Crippen molar-refractivity contribution in [2.24, 2.45) is 4.99 Å². The maximum atomic E-state index is 11.8. The van der Waals surface area contributed by atoms with E-state index >= 15 is 0 Å². The molecule has 41 heavy (non-hydrogen) atoms. The van der Waals surface area contributed by atoms with Crippen LogP contribution in [0.4, 0.5) is 16.8 Å². The van der Waals surface area contributed by atoms with Gasteiger partial charge in [-0.25, -0.2) is 9.78 Å². The molecule has 0 amide bonds. The second kappa shape index (κ2) is 12.5. The molecule has 0 bridgehead atoms. The van der Waals surface area contributed by atoms with Crippen molar-refractivity contribution in [1.82, 2.24) is 19.7 Å². The number of aryl methyl sites for hydroxylation is 1. The minimum atomic E-state index is -1.19. The Bertz CT molecular complexity index is 1610. The zero-order valence-corrected chi connectivity index (χ0v) is 26.5. The fourth-order valence-electron chi connectivity index (χ4n) is 4.35. The number of aromatic carboxylic acids is 1. The van der Waals surface area contributed by atoms with Gasteiger partial charge in [-0.2, -0.15) is 4.99 Å². The number of aliphatic hydroxyl groups is 1. The van der Waals surface area contributed by atoms with Crippen LogP contribution in [0.5, 0.6) is 0 Å². The number of aliphatic hydroxyl groups excluding tert-OH is 1. The van der Waals surface area contributed by atoms with Crippen molar-refractivity contribution in [2.45, 2.75) is 64.0 Å². The predicted molar refractivity (Wildman–Crippen MR) is 166 cm³/mol. The summed E-state index contributed by atoms with van der Waals surface area (Å²) >= 11 is 2.91. The van der Waals surface area contributed by atoms with Gasteiger partial charge in [0.2, 0.25) is 0 Å². The van der Waals surface area contributed by atoms with E-state index in [1.54, 1.807) is 16.2 Å². The molecule has 0 spiro atoms. The minimum Gasteiger partial charge on any atom is -0.476 e. The first kappa shape index (κ1) is 29.5. The van der Waals surface area contributed by atoms with Gasteiger partial charge in [0.1, 0.15) is 6.73 Å². The van der Waals surface area contributed by atoms with Crippen LogP contribution in [0.2, 0.25) is 25.7 Å². The monoisotopic (exact) mass is 612 g/mol. The van der Waals surface area contributed by atoms with E-state index in [1.807, 2.05) is 25.2 Å². The van der Waals surface area contributed by atoms with E-state index in [-0.39, 0.29) is 12.3 Å². The Balaban J connectivity index is 1.47. The second-order valence-corrected chi connectivity index (χ2v) is 19.1. The molecule has 218 valence electrons. The summed E-state index contributed by atoms with van der Waals surface area (Å²) in [6.07, 6.45) is 3.07. The number of hydrogen-bond acceptors (Lipinski definition) is 10. The molecule has 3 aromatic heterocycles. The number of thiazole rings is 2. The number of benzene rings is 1. The molecule has 1 aromatic carbocycles. The Morgan fingerprint density at radius 2 is 2.00 bits per heavy atom. The van der Waals surface area contributed by atoms with E-state index < -0.39 is 14.0 Å². The van der Waals surface area contributed by atoms with Gasteiger partial charge in [0.05, 0.1) is 10.2 Å². The van der Waals surface area contributed by atoms with Gasteiger partial charge in [0, 0.05) is 38.8 Å². The predicted octanol–water partition coefficient (Wildman–Crippen LogP) is 5.76. The quantitative estimate of drug-likeness (QED) is 0.144.